The van der Waals surface area contributed by atoms with E-state index in [4.69, 9.17) is 10.6 Å². The highest BCUT2D eigenvalue weighted by molar-refractivity contribution is 5.83. The maximum absolute atomic E-state index is 5.11. The Kier molecular flexibility index (Phi) is 2.69. The molecule has 0 heterocycles. The summed E-state index contributed by atoms with van der Waals surface area (Å²) in [5, 5.41) is 3.45. The summed E-state index contributed by atoms with van der Waals surface area (Å²) in [5.74, 6) is 5.83. The number of aryl methyl sites for hydroxylation is 1. The number of ether oxygens (including phenoxy) is 1. The first-order valence-corrected chi connectivity index (χ1v) is 3.66. The van der Waals surface area contributed by atoms with Crippen LogP contribution in [-0.4, -0.2) is 13.3 Å². The molecular weight excluding hydrogens is 152 g/mol. The van der Waals surface area contributed by atoms with Crippen LogP contribution in [0.2, 0.25) is 0 Å². The van der Waals surface area contributed by atoms with Crippen LogP contribution in [0.1, 0.15) is 11.1 Å². The maximum Gasteiger partial charge on any atom is 0.127 e. The van der Waals surface area contributed by atoms with Gasteiger partial charge in [-0.2, -0.15) is 5.10 Å². The molecule has 12 heavy (non-hydrogen) atoms. The number of hydrogen-bond acceptors (Lipinski definition) is 3. The molecule has 0 amide bonds. The lowest BCUT2D eigenvalue weighted by molar-refractivity contribution is 0.414. The summed E-state index contributed by atoms with van der Waals surface area (Å²) in [6.07, 6.45) is 1.58. The molecule has 3 heteroatoms. The van der Waals surface area contributed by atoms with Crippen molar-refractivity contribution in [1.29, 1.82) is 0 Å². The van der Waals surface area contributed by atoms with E-state index in [2.05, 4.69) is 5.10 Å². The predicted molar refractivity (Wildman–Crippen MR) is 49.5 cm³/mol. The van der Waals surface area contributed by atoms with Crippen LogP contribution in [0.4, 0.5) is 0 Å². The Morgan fingerprint density at radius 3 is 2.83 bits per heavy atom. The maximum atomic E-state index is 5.11. The van der Waals surface area contributed by atoms with Gasteiger partial charge in [-0.25, -0.2) is 0 Å². The third kappa shape index (κ3) is 1.75. The first-order valence-electron chi connectivity index (χ1n) is 3.66. The molecule has 0 aliphatic heterocycles. The van der Waals surface area contributed by atoms with Crippen LogP contribution < -0.4 is 10.6 Å². The molecule has 0 aromatic heterocycles. The molecule has 1 aromatic rings. The van der Waals surface area contributed by atoms with Crippen LogP contribution in [0, 0.1) is 6.92 Å². The number of methoxy groups -OCH3 is 1. The number of hydrazone groups is 1. The van der Waals surface area contributed by atoms with Crippen molar-refractivity contribution in [3.63, 3.8) is 0 Å². The summed E-state index contributed by atoms with van der Waals surface area (Å²) in [7, 11) is 1.62. The van der Waals surface area contributed by atoms with Crippen molar-refractivity contribution in [3.05, 3.63) is 29.3 Å². The van der Waals surface area contributed by atoms with Gasteiger partial charge in [0, 0.05) is 5.56 Å². The van der Waals surface area contributed by atoms with Crippen LogP contribution in [0.5, 0.6) is 5.75 Å². The summed E-state index contributed by atoms with van der Waals surface area (Å²) in [4.78, 5) is 0. The Morgan fingerprint density at radius 1 is 1.50 bits per heavy atom. The quantitative estimate of drug-likeness (QED) is 0.407. The average Bonchev–Trinajstić information content (AvgIpc) is 2.05. The van der Waals surface area contributed by atoms with Gasteiger partial charge in [-0.1, -0.05) is 11.6 Å². The molecule has 0 aliphatic rings. The fraction of sp³-hybridized carbons (Fsp3) is 0.222. The second-order valence-electron chi connectivity index (χ2n) is 2.52. The van der Waals surface area contributed by atoms with Gasteiger partial charge in [-0.3, -0.25) is 0 Å². The molecule has 0 radical (unpaired) electrons. The summed E-state index contributed by atoms with van der Waals surface area (Å²) < 4.78 is 5.11. The van der Waals surface area contributed by atoms with Crippen molar-refractivity contribution in [2.75, 3.05) is 7.11 Å². The molecular formula is C9H12N2O. The van der Waals surface area contributed by atoms with E-state index >= 15 is 0 Å². The zero-order valence-electron chi connectivity index (χ0n) is 7.24. The molecule has 0 fully saturated rings. The molecule has 0 bridgehead atoms. The van der Waals surface area contributed by atoms with Gasteiger partial charge in [-0.05, 0) is 19.1 Å². The van der Waals surface area contributed by atoms with Crippen LogP contribution >= 0.6 is 0 Å². The first kappa shape index (κ1) is 8.59. The van der Waals surface area contributed by atoms with Crippen LogP contribution in [-0.2, 0) is 0 Å². The topological polar surface area (TPSA) is 47.6 Å². The SMILES string of the molecule is COc1ccc(C)cc1/C=N/N. The zero-order valence-corrected chi connectivity index (χ0v) is 7.24. The van der Waals surface area contributed by atoms with Crippen molar-refractivity contribution in [1.82, 2.24) is 0 Å². The smallest absolute Gasteiger partial charge is 0.127 e. The molecule has 1 aromatic carbocycles. The van der Waals surface area contributed by atoms with Crippen molar-refractivity contribution in [2.45, 2.75) is 6.92 Å². The summed E-state index contributed by atoms with van der Waals surface area (Å²) in [5.41, 5.74) is 2.06. The minimum Gasteiger partial charge on any atom is -0.496 e. The van der Waals surface area contributed by atoms with Crippen LogP contribution in [0.25, 0.3) is 0 Å². The number of benzene rings is 1. The highest BCUT2D eigenvalue weighted by atomic mass is 16.5. The molecule has 0 saturated heterocycles. The van der Waals surface area contributed by atoms with E-state index < -0.39 is 0 Å². The summed E-state index contributed by atoms with van der Waals surface area (Å²) in [6, 6.07) is 5.84. The highest BCUT2D eigenvalue weighted by Gasteiger charge is 1.98. The third-order valence-corrected chi connectivity index (χ3v) is 1.60. The van der Waals surface area contributed by atoms with Gasteiger partial charge >= 0.3 is 0 Å². The number of hydrogen-bond donors (Lipinski definition) is 1. The lowest BCUT2D eigenvalue weighted by Gasteiger charge is -2.03. The van der Waals surface area contributed by atoms with E-state index in [1.54, 1.807) is 13.3 Å². The predicted octanol–water partition coefficient (Wildman–Crippen LogP) is 1.30. The normalized spacial score (nSPS) is 10.5. The van der Waals surface area contributed by atoms with Crippen molar-refractivity contribution >= 4 is 6.21 Å². The monoisotopic (exact) mass is 164 g/mol. The number of rotatable bonds is 2. The van der Waals surface area contributed by atoms with E-state index in [0.29, 0.717) is 0 Å². The second-order valence-corrected chi connectivity index (χ2v) is 2.52. The van der Waals surface area contributed by atoms with Gasteiger partial charge < -0.3 is 10.6 Å². The summed E-state index contributed by atoms with van der Waals surface area (Å²) >= 11 is 0. The zero-order chi connectivity index (χ0) is 8.97. The molecule has 0 aliphatic carbocycles. The standard InChI is InChI=1S/C9H12N2O/c1-7-3-4-9(12-2)8(5-7)6-11-10/h3-6H,10H2,1-2H3/b11-6+. The van der Waals surface area contributed by atoms with Gasteiger partial charge in [0.2, 0.25) is 0 Å². The third-order valence-electron chi connectivity index (χ3n) is 1.60. The fourth-order valence-corrected chi connectivity index (χ4v) is 1.03. The molecule has 0 saturated carbocycles. The summed E-state index contributed by atoms with van der Waals surface area (Å²) in [6.45, 7) is 2.01. The van der Waals surface area contributed by atoms with Gasteiger partial charge in [0.15, 0.2) is 0 Å². The molecule has 3 nitrogen and oxygen atoms in total. The first-order chi connectivity index (χ1) is 5.77. The molecule has 0 atom stereocenters. The molecule has 2 N–H and O–H groups in total. The molecule has 0 spiro atoms. The minimum absolute atomic E-state index is 0.787. The van der Waals surface area contributed by atoms with Gasteiger partial charge in [0.1, 0.15) is 5.75 Å². The highest BCUT2D eigenvalue weighted by Crippen LogP contribution is 2.17. The largest absolute Gasteiger partial charge is 0.496 e. The van der Waals surface area contributed by atoms with Gasteiger partial charge in [0.05, 0.1) is 13.3 Å². The van der Waals surface area contributed by atoms with Crippen molar-refractivity contribution < 1.29 is 4.74 Å². The molecule has 0 unspecified atom stereocenters. The Hall–Kier alpha value is -1.51. The molecule has 1 rings (SSSR count). The lowest BCUT2D eigenvalue weighted by atomic mass is 10.1. The Bertz CT molecular complexity index is 295. The number of nitrogens with zero attached hydrogens (tertiary/aromatic N) is 1. The van der Waals surface area contributed by atoms with E-state index in [9.17, 15) is 0 Å². The van der Waals surface area contributed by atoms with Crippen LogP contribution in [0.15, 0.2) is 23.3 Å². The van der Waals surface area contributed by atoms with E-state index in [1.807, 2.05) is 25.1 Å². The fourth-order valence-electron chi connectivity index (χ4n) is 1.03. The Balaban J connectivity index is 3.12. The average molecular weight is 164 g/mol. The second kappa shape index (κ2) is 3.76. The van der Waals surface area contributed by atoms with Gasteiger partial charge in [-0.15, -0.1) is 0 Å². The molecule has 64 valence electrons. The van der Waals surface area contributed by atoms with Crippen LogP contribution in [0.3, 0.4) is 0 Å². The minimum atomic E-state index is 0.787. The Labute approximate surface area is 71.8 Å². The van der Waals surface area contributed by atoms with Crippen molar-refractivity contribution in [2.24, 2.45) is 10.9 Å². The van der Waals surface area contributed by atoms with Crippen molar-refractivity contribution in [3.8, 4) is 5.75 Å². The number of nitrogens with two attached hydrogens (primary N) is 1. The lowest BCUT2D eigenvalue weighted by Crippen LogP contribution is -1.93. The Morgan fingerprint density at radius 2 is 2.25 bits per heavy atom. The van der Waals surface area contributed by atoms with E-state index in [1.165, 1.54) is 0 Å². The van der Waals surface area contributed by atoms with Gasteiger partial charge in [0.25, 0.3) is 0 Å². The van der Waals surface area contributed by atoms with E-state index in [0.717, 1.165) is 16.9 Å². The van der Waals surface area contributed by atoms with E-state index in [-0.39, 0.29) is 0 Å².